The number of alkyl halides is 1. The number of Topliss-reactive ketones (excluding diaryl/α,β-unsaturated/α-hetero) is 1. The smallest absolute Gasteiger partial charge is 0.169 e. The van der Waals surface area contributed by atoms with E-state index < -0.39 is 17.7 Å². The molecular formula is C22H23ClF2O2S. The Morgan fingerprint density at radius 1 is 1.29 bits per heavy atom. The van der Waals surface area contributed by atoms with E-state index in [0.29, 0.717) is 12.0 Å². The van der Waals surface area contributed by atoms with Crippen molar-refractivity contribution in [3.8, 4) is 0 Å². The molecule has 1 aliphatic carbocycles. The molecule has 1 aliphatic rings. The molecule has 0 unspecified atom stereocenters. The highest BCUT2D eigenvalue weighted by Crippen LogP contribution is 2.40. The minimum Gasteiger partial charge on any atom is -0.392 e. The number of aliphatic hydroxyl groups excluding tert-OH is 1. The molecule has 0 amide bonds. The van der Waals surface area contributed by atoms with E-state index in [4.69, 9.17) is 11.6 Å². The average Bonchev–Trinajstić information content (AvgIpc) is 3.18. The lowest BCUT2D eigenvalue weighted by Crippen LogP contribution is -2.18. The van der Waals surface area contributed by atoms with Gasteiger partial charge < -0.3 is 5.11 Å². The third kappa shape index (κ3) is 5.28. The molecule has 1 aromatic heterocycles. The molecule has 1 fully saturated rings. The Labute approximate surface area is 172 Å². The highest BCUT2D eigenvalue weighted by atomic mass is 35.5. The second kappa shape index (κ2) is 9.29. The molecule has 1 N–H and O–H groups in total. The summed E-state index contributed by atoms with van der Waals surface area (Å²) in [6.07, 6.45) is 6.02. The number of carbonyl (C=O) groups excluding carboxylic acids is 1. The van der Waals surface area contributed by atoms with Crippen molar-refractivity contribution in [3.63, 3.8) is 0 Å². The Balaban J connectivity index is 1.62. The maximum Gasteiger partial charge on any atom is 0.169 e. The zero-order chi connectivity index (χ0) is 20.3. The van der Waals surface area contributed by atoms with Crippen molar-refractivity contribution in [3.05, 3.63) is 63.4 Å². The number of thiophene rings is 1. The second-order valence-electron chi connectivity index (χ2n) is 7.34. The fourth-order valence-electron chi connectivity index (χ4n) is 3.84. The standard InChI is InChI=1S/C22H23ClF2O2S/c1-13(26)22-8-6-17(28-22)3-2-4-18-19(21(27)12-20(18)23)7-5-14-9-15(24)11-16(25)10-14/h5-11,18-21,27H,2-4,12H2,1H3/b7-5+/t18-,19-,20-,21-/m1/s1. The normalized spacial score (nSPS) is 24.9. The lowest BCUT2D eigenvalue weighted by atomic mass is 9.89. The third-order valence-electron chi connectivity index (χ3n) is 5.23. The number of benzene rings is 1. The number of hydrogen-bond acceptors (Lipinski definition) is 3. The molecule has 1 heterocycles. The van der Waals surface area contributed by atoms with E-state index in [0.717, 1.165) is 35.1 Å². The van der Waals surface area contributed by atoms with Gasteiger partial charge in [0, 0.05) is 22.2 Å². The molecule has 28 heavy (non-hydrogen) atoms. The zero-order valence-corrected chi connectivity index (χ0v) is 17.1. The average molecular weight is 425 g/mol. The van der Waals surface area contributed by atoms with Crippen LogP contribution in [0.25, 0.3) is 6.08 Å². The van der Waals surface area contributed by atoms with Gasteiger partial charge in [0.25, 0.3) is 0 Å². The molecule has 4 atom stereocenters. The van der Waals surface area contributed by atoms with Gasteiger partial charge in [-0.3, -0.25) is 4.79 Å². The van der Waals surface area contributed by atoms with Gasteiger partial charge in [-0.15, -0.1) is 22.9 Å². The molecule has 0 spiro atoms. The molecule has 1 saturated carbocycles. The molecule has 0 radical (unpaired) electrons. The van der Waals surface area contributed by atoms with E-state index >= 15 is 0 Å². The first kappa shape index (κ1) is 21.2. The van der Waals surface area contributed by atoms with Gasteiger partial charge in [-0.1, -0.05) is 12.2 Å². The molecule has 0 saturated heterocycles. The van der Waals surface area contributed by atoms with Crippen molar-refractivity contribution in [2.75, 3.05) is 0 Å². The molecule has 0 bridgehead atoms. The summed E-state index contributed by atoms with van der Waals surface area (Å²) >= 11 is 7.99. The van der Waals surface area contributed by atoms with Gasteiger partial charge in [0.05, 0.1) is 11.0 Å². The lowest BCUT2D eigenvalue weighted by molar-refractivity contribution is 0.102. The van der Waals surface area contributed by atoms with Crippen LogP contribution in [0.2, 0.25) is 0 Å². The van der Waals surface area contributed by atoms with E-state index in [1.807, 2.05) is 18.2 Å². The maximum absolute atomic E-state index is 13.4. The summed E-state index contributed by atoms with van der Waals surface area (Å²) in [6.45, 7) is 1.56. The summed E-state index contributed by atoms with van der Waals surface area (Å²) in [6, 6.07) is 7.20. The fourth-order valence-corrected chi connectivity index (χ4v) is 5.26. The first-order chi connectivity index (χ1) is 13.3. The van der Waals surface area contributed by atoms with Crippen LogP contribution in [0, 0.1) is 23.5 Å². The van der Waals surface area contributed by atoms with Crippen molar-refractivity contribution in [2.24, 2.45) is 11.8 Å². The second-order valence-corrected chi connectivity index (χ2v) is 9.07. The van der Waals surface area contributed by atoms with Crippen LogP contribution in [0.3, 0.4) is 0 Å². The highest BCUT2D eigenvalue weighted by Gasteiger charge is 2.39. The van der Waals surface area contributed by atoms with E-state index in [2.05, 4.69) is 0 Å². The van der Waals surface area contributed by atoms with Gasteiger partial charge in [-0.05, 0) is 68.4 Å². The van der Waals surface area contributed by atoms with Gasteiger partial charge in [-0.25, -0.2) is 8.78 Å². The molecule has 0 aliphatic heterocycles. The lowest BCUT2D eigenvalue weighted by Gasteiger charge is -2.20. The van der Waals surface area contributed by atoms with Crippen LogP contribution in [0.4, 0.5) is 8.78 Å². The number of aryl methyl sites for hydroxylation is 1. The van der Waals surface area contributed by atoms with Crippen LogP contribution in [0.5, 0.6) is 0 Å². The molecule has 6 heteroatoms. The van der Waals surface area contributed by atoms with Crippen molar-refractivity contribution < 1.29 is 18.7 Å². The Kier molecular flexibility index (Phi) is 7.02. The van der Waals surface area contributed by atoms with Crippen molar-refractivity contribution in [1.82, 2.24) is 0 Å². The molecule has 2 nitrogen and oxygen atoms in total. The van der Waals surface area contributed by atoms with E-state index in [9.17, 15) is 18.7 Å². The van der Waals surface area contributed by atoms with Crippen molar-refractivity contribution >= 4 is 34.8 Å². The minimum atomic E-state index is -0.626. The monoisotopic (exact) mass is 424 g/mol. The minimum absolute atomic E-state index is 0.0787. The first-order valence-corrected chi connectivity index (χ1v) is 10.6. The fraction of sp³-hybridized carbons (Fsp3) is 0.409. The van der Waals surface area contributed by atoms with Gasteiger partial charge in [-0.2, -0.15) is 0 Å². The highest BCUT2D eigenvalue weighted by molar-refractivity contribution is 7.14. The predicted octanol–water partition coefficient (Wildman–Crippen LogP) is 5.87. The summed E-state index contributed by atoms with van der Waals surface area (Å²) in [4.78, 5) is 13.3. The Morgan fingerprint density at radius 2 is 2.00 bits per heavy atom. The van der Waals surface area contributed by atoms with E-state index in [1.165, 1.54) is 23.5 Å². The van der Waals surface area contributed by atoms with E-state index in [1.54, 1.807) is 13.0 Å². The summed E-state index contributed by atoms with van der Waals surface area (Å²) in [5.74, 6) is -1.22. The van der Waals surface area contributed by atoms with E-state index in [-0.39, 0.29) is 23.0 Å². The molecular weight excluding hydrogens is 402 g/mol. The Hall–Kier alpha value is -1.56. The quantitative estimate of drug-likeness (QED) is 0.445. The van der Waals surface area contributed by atoms with Crippen LogP contribution in [0.15, 0.2) is 36.4 Å². The third-order valence-corrected chi connectivity index (χ3v) is 6.98. The number of carbonyl (C=O) groups is 1. The predicted molar refractivity (Wildman–Crippen MR) is 110 cm³/mol. The van der Waals surface area contributed by atoms with Gasteiger partial charge in [0.15, 0.2) is 5.78 Å². The van der Waals surface area contributed by atoms with Crippen LogP contribution < -0.4 is 0 Å². The van der Waals surface area contributed by atoms with Gasteiger partial charge >= 0.3 is 0 Å². The summed E-state index contributed by atoms with van der Waals surface area (Å²) in [5, 5.41) is 10.2. The maximum atomic E-state index is 13.4. The van der Waals surface area contributed by atoms with Crippen LogP contribution in [0.1, 0.15) is 46.3 Å². The molecule has 1 aromatic carbocycles. The number of halogens is 3. The summed E-state index contributed by atoms with van der Waals surface area (Å²) in [5.41, 5.74) is 0.428. The van der Waals surface area contributed by atoms with Crippen molar-refractivity contribution in [2.45, 2.75) is 44.1 Å². The van der Waals surface area contributed by atoms with Crippen LogP contribution in [-0.4, -0.2) is 22.4 Å². The van der Waals surface area contributed by atoms with Gasteiger partial charge in [0.1, 0.15) is 11.6 Å². The number of ketones is 1. The number of hydrogen-bond donors (Lipinski definition) is 1. The molecule has 2 aromatic rings. The zero-order valence-electron chi connectivity index (χ0n) is 15.6. The summed E-state index contributed by atoms with van der Waals surface area (Å²) < 4.78 is 26.7. The SMILES string of the molecule is CC(=O)c1ccc(CCC[C@@H]2[C@@H](/C=C/c3cc(F)cc(F)c3)[C@H](O)C[C@H]2Cl)s1. The Morgan fingerprint density at radius 3 is 2.64 bits per heavy atom. The number of aliphatic hydroxyl groups is 1. The van der Waals surface area contributed by atoms with Crippen molar-refractivity contribution in [1.29, 1.82) is 0 Å². The summed E-state index contributed by atoms with van der Waals surface area (Å²) in [7, 11) is 0. The first-order valence-electron chi connectivity index (χ1n) is 9.39. The number of rotatable bonds is 7. The van der Waals surface area contributed by atoms with Crippen LogP contribution >= 0.6 is 22.9 Å². The Bertz CT molecular complexity index is 844. The van der Waals surface area contributed by atoms with Crippen LogP contribution in [-0.2, 0) is 6.42 Å². The largest absolute Gasteiger partial charge is 0.392 e. The van der Waals surface area contributed by atoms with Gasteiger partial charge in [0.2, 0.25) is 0 Å². The molecule has 150 valence electrons. The topological polar surface area (TPSA) is 37.3 Å². The molecule has 3 rings (SSSR count).